The molecule has 0 saturated carbocycles. The van der Waals surface area contributed by atoms with Crippen LogP contribution in [0.1, 0.15) is 43.9 Å². The van der Waals surface area contributed by atoms with Crippen molar-refractivity contribution in [1.29, 1.82) is 0 Å². The van der Waals surface area contributed by atoms with Crippen LogP contribution in [0.3, 0.4) is 0 Å². The summed E-state index contributed by atoms with van der Waals surface area (Å²) in [6.07, 6.45) is 3.13. The molecule has 1 atom stereocenters. The first-order valence-corrected chi connectivity index (χ1v) is 5.50. The van der Waals surface area contributed by atoms with Gasteiger partial charge in [0, 0.05) is 11.8 Å². The van der Waals surface area contributed by atoms with Crippen molar-refractivity contribution in [1.82, 2.24) is 4.98 Å². The molecule has 15 heavy (non-hydrogen) atoms. The first-order valence-electron chi connectivity index (χ1n) is 5.50. The minimum Gasteiger partial charge on any atom is -0.388 e. The summed E-state index contributed by atoms with van der Waals surface area (Å²) < 4.78 is 0. The average Bonchev–Trinajstić information content (AvgIpc) is 2.23. The lowest BCUT2D eigenvalue weighted by atomic mass is 9.91. The maximum atomic E-state index is 10.2. The molecule has 1 aromatic heterocycles. The number of nitrogens with two attached hydrogens (primary N) is 1. The van der Waals surface area contributed by atoms with Crippen molar-refractivity contribution >= 4 is 5.82 Å². The SMILES string of the molecule is CCC(CC)C(O)c1cc(C)cnc1N. The predicted octanol–water partition coefficient (Wildman–Crippen LogP) is 2.44. The van der Waals surface area contributed by atoms with Crippen molar-refractivity contribution in [2.24, 2.45) is 5.92 Å². The van der Waals surface area contributed by atoms with E-state index < -0.39 is 6.10 Å². The first-order chi connectivity index (χ1) is 7.10. The molecule has 0 aliphatic heterocycles. The predicted molar refractivity (Wildman–Crippen MR) is 62.4 cm³/mol. The van der Waals surface area contributed by atoms with Crippen LogP contribution in [0.5, 0.6) is 0 Å². The molecule has 1 heterocycles. The van der Waals surface area contributed by atoms with Crippen molar-refractivity contribution in [3.63, 3.8) is 0 Å². The van der Waals surface area contributed by atoms with Crippen LogP contribution in [0.25, 0.3) is 0 Å². The molecule has 0 spiro atoms. The van der Waals surface area contributed by atoms with Crippen molar-refractivity contribution in [2.45, 2.75) is 39.7 Å². The number of rotatable bonds is 4. The average molecular weight is 208 g/mol. The van der Waals surface area contributed by atoms with Crippen LogP contribution in [0.2, 0.25) is 0 Å². The van der Waals surface area contributed by atoms with Gasteiger partial charge in [0.05, 0.1) is 6.10 Å². The highest BCUT2D eigenvalue weighted by atomic mass is 16.3. The summed E-state index contributed by atoms with van der Waals surface area (Å²) in [5, 5.41) is 10.2. The van der Waals surface area contributed by atoms with E-state index in [1.54, 1.807) is 6.20 Å². The summed E-state index contributed by atoms with van der Waals surface area (Å²) >= 11 is 0. The van der Waals surface area contributed by atoms with Gasteiger partial charge in [0.25, 0.3) is 0 Å². The molecule has 0 fully saturated rings. The van der Waals surface area contributed by atoms with Gasteiger partial charge >= 0.3 is 0 Å². The molecule has 0 amide bonds. The summed E-state index contributed by atoms with van der Waals surface area (Å²) in [6.45, 7) is 6.11. The Balaban J connectivity index is 2.98. The standard InChI is InChI=1S/C12H20N2O/c1-4-9(5-2)11(15)10-6-8(3)7-14-12(10)13/h6-7,9,11,15H,4-5H2,1-3H3,(H2,13,14). The van der Waals surface area contributed by atoms with E-state index in [2.05, 4.69) is 18.8 Å². The summed E-state index contributed by atoms with van der Waals surface area (Å²) in [6, 6.07) is 1.92. The molecule has 1 rings (SSSR count). The van der Waals surface area contributed by atoms with Gasteiger partial charge < -0.3 is 10.8 Å². The third kappa shape index (κ3) is 2.69. The first kappa shape index (κ1) is 12.0. The van der Waals surface area contributed by atoms with E-state index in [0.29, 0.717) is 5.82 Å². The number of aliphatic hydroxyl groups is 1. The second kappa shape index (κ2) is 5.12. The number of anilines is 1. The fourth-order valence-corrected chi connectivity index (χ4v) is 1.83. The van der Waals surface area contributed by atoms with Crippen LogP contribution in [0, 0.1) is 12.8 Å². The number of hydrogen-bond donors (Lipinski definition) is 2. The Kier molecular flexibility index (Phi) is 4.09. The molecule has 0 saturated heterocycles. The van der Waals surface area contributed by atoms with Gasteiger partial charge in [-0.15, -0.1) is 0 Å². The molecule has 1 unspecified atom stereocenters. The Bertz CT molecular complexity index is 321. The third-order valence-corrected chi connectivity index (χ3v) is 2.90. The molecular weight excluding hydrogens is 188 g/mol. The number of nitrogens with zero attached hydrogens (tertiary/aromatic N) is 1. The fraction of sp³-hybridized carbons (Fsp3) is 0.583. The zero-order valence-electron chi connectivity index (χ0n) is 9.70. The highest BCUT2D eigenvalue weighted by Gasteiger charge is 2.20. The molecule has 1 aromatic rings. The number of aryl methyl sites for hydroxylation is 1. The molecule has 3 nitrogen and oxygen atoms in total. The maximum absolute atomic E-state index is 10.2. The minimum atomic E-state index is -0.493. The number of hydrogen-bond acceptors (Lipinski definition) is 3. The number of aliphatic hydroxyl groups excluding tert-OH is 1. The van der Waals surface area contributed by atoms with E-state index in [1.807, 2.05) is 13.0 Å². The van der Waals surface area contributed by atoms with Gasteiger partial charge in [-0.25, -0.2) is 4.98 Å². The summed E-state index contributed by atoms with van der Waals surface area (Å²) in [4.78, 5) is 4.07. The Morgan fingerprint density at radius 1 is 1.40 bits per heavy atom. The molecule has 3 N–H and O–H groups in total. The number of pyridine rings is 1. The van der Waals surface area contributed by atoms with E-state index in [0.717, 1.165) is 24.0 Å². The van der Waals surface area contributed by atoms with Crippen molar-refractivity contribution in [3.8, 4) is 0 Å². The molecule has 0 aliphatic rings. The lowest BCUT2D eigenvalue weighted by molar-refractivity contribution is 0.104. The highest BCUT2D eigenvalue weighted by Crippen LogP contribution is 2.30. The molecule has 0 bridgehead atoms. The lowest BCUT2D eigenvalue weighted by Gasteiger charge is -2.21. The molecule has 0 aliphatic carbocycles. The largest absolute Gasteiger partial charge is 0.388 e. The normalized spacial score (nSPS) is 13.1. The van der Waals surface area contributed by atoms with E-state index in [-0.39, 0.29) is 5.92 Å². The summed E-state index contributed by atoms with van der Waals surface area (Å²) in [5.41, 5.74) is 7.57. The Morgan fingerprint density at radius 3 is 2.53 bits per heavy atom. The van der Waals surface area contributed by atoms with Crippen LogP contribution in [-0.2, 0) is 0 Å². The van der Waals surface area contributed by atoms with Crippen molar-refractivity contribution in [3.05, 3.63) is 23.4 Å². The third-order valence-electron chi connectivity index (χ3n) is 2.90. The Labute approximate surface area is 91.3 Å². The maximum Gasteiger partial charge on any atom is 0.129 e. The molecule has 3 heteroatoms. The van der Waals surface area contributed by atoms with Crippen LogP contribution in [0.15, 0.2) is 12.3 Å². The van der Waals surface area contributed by atoms with E-state index in [1.165, 1.54) is 0 Å². The fourth-order valence-electron chi connectivity index (χ4n) is 1.83. The van der Waals surface area contributed by atoms with Crippen LogP contribution < -0.4 is 5.73 Å². The van der Waals surface area contributed by atoms with Crippen LogP contribution >= 0.6 is 0 Å². The van der Waals surface area contributed by atoms with E-state index >= 15 is 0 Å². The van der Waals surface area contributed by atoms with E-state index in [4.69, 9.17) is 5.73 Å². The Hall–Kier alpha value is -1.09. The van der Waals surface area contributed by atoms with Crippen LogP contribution in [-0.4, -0.2) is 10.1 Å². The summed E-state index contributed by atoms with van der Waals surface area (Å²) in [7, 11) is 0. The van der Waals surface area contributed by atoms with Gasteiger partial charge in [0.2, 0.25) is 0 Å². The monoisotopic (exact) mass is 208 g/mol. The van der Waals surface area contributed by atoms with Gasteiger partial charge in [-0.2, -0.15) is 0 Å². The second-order valence-electron chi connectivity index (χ2n) is 4.01. The summed E-state index contributed by atoms with van der Waals surface area (Å²) in [5.74, 6) is 0.705. The number of aromatic nitrogens is 1. The highest BCUT2D eigenvalue weighted by molar-refractivity contribution is 5.42. The minimum absolute atomic E-state index is 0.260. The van der Waals surface area contributed by atoms with Gasteiger partial charge in [0.1, 0.15) is 5.82 Å². The van der Waals surface area contributed by atoms with Crippen molar-refractivity contribution in [2.75, 3.05) is 5.73 Å². The van der Waals surface area contributed by atoms with E-state index in [9.17, 15) is 5.11 Å². The van der Waals surface area contributed by atoms with Crippen molar-refractivity contribution < 1.29 is 5.11 Å². The molecule has 0 radical (unpaired) electrons. The van der Waals surface area contributed by atoms with Gasteiger partial charge in [-0.1, -0.05) is 26.7 Å². The van der Waals surface area contributed by atoms with Gasteiger partial charge in [-0.05, 0) is 24.5 Å². The topological polar surface area (TPSA) is 59.1 Å². The van der Waals surface area contributed by atoms with Crippen LogP contribution in [0.4, 0.5) is 5.82 Å². The quantitative estimate of drug-likeness (QED) is 0.799. The molecular formula is C12H20N2O. The lowest BCUT2D eigenvalue weighted by Crippen LogP contribution is -2.13. The molecule has 84 valence electrons. The molecule has 0 aromatic carbocycles. The Morgan fingerprint density at radius 2 is 2.00 bits per heavy atom. The second-order valence-corrected chi connectivity index (χ2v) is 4.01. The number of nitrogen functional groups attached to an aromatic ring is 1. The van der Waals surface area contributed by atoms with Gasteiger partial charge in [-0.3, -0.25) is 0 Å². The van der Waals surface area contributed by atoms with Gasteiger partial charge in [0.15, 0.2) is 0 Å². The smallest absolute Gasteiger partial charge is 0.129 e. The zero-order chi connectivity index (χ0) is 11.4. The zero-order valence-corrected chi connectivity index (χ0v) is 9.70.